The second kappa shape index (κ2) is 6.49. The van der Waals surface area contributed by atoms with Crippen molar-refractivity contribution in [3.8, 4) is 11.5 Å². The van der Waals surface area contributed by atoms with Crippen molar-refractivity contribution in [2.24, 2.45) is 0 Å². The summed E-state index contributed by atoms with van der Waals surface area (Å²) < 4.78 is 5.85. The molecule has 0 heterocycles. The Balaban J connectivity index is 2.24. The van der Waals surface area contributed by atoms with E-state index in [4.69, 9.17) is 27.9 Å². The Kier molecular flexibility index (Phi) is 4.92. The fraction of sp³-hybridized carbons (Fsp3) is 0.250. The fourth-order valence-corrected chi connectivity index (χ4v) is 2.49. The Morgan fingerprint density at radius 1 is 1.10 bits per heavy atom. The monoisotopic (exact) mass is 309 g/mol. The summed E-state index contributed by atoms with van der Waals surface area (Å²) in [6, 6.07) is 11.5. The van der Waals surface area contributed by atoms with Crippen LogP contribution in [0.1, 0.15) is 24.1 Å². The van der Waals surface area contributed by atoms with E-state index in [1.54, 1.807) is 0 Å². The molecule has 0 aliphatic carbocycles. The fourth-order valence-electron chi connectivity index (χ4n) is 1.93. The Labute approximate surface area is 129 Å². The standard InChI is InChI=1S/C16H17Cl2NO/c1-10-8-12(17)4-7-16(10)20-13-5-6-14(11(2)19-3)15(18)9-13/h4-9,11,19H,1-3H3. The van der Waals surface area contributed by atoms with Crippen molar-refractivity contribution in [3.05, 3.63) is 57.6 Å². The summed E-state index contributed by atoms with van der Waals surface area (Å²) >= 11 is 12.2. The third-order valence-corrected chi connectivity index (χ3v) is 3.80. The van der Waals surface area contributed by atoms with Gasteiger partial charge in [0.05, 0.1) is 0 Å². The molecule has 0 radical (unpaired) electrons. The van der Waals surface area contributed by atoms with E-state index in [0.717, 1.165) is 16.9 Å². The second-order valence-corrected chi connectivity index (χ2v) is 5.55. The average Bonchev–Trinajstić information content (AvgIpc) is 2.41. The van der Waals surface area contributed by atoms with Gasteiger partial charge in [-0.3, -0.25) is 0 Å². The molecule has 2 rings (SSSR count). The second-order valence-electron chi connectivity index (χ2n) is 4.71. The molecule has 4 heteroatoms. The van der Waals surface area contributed by atoms with Gasteiger partial charge in [-0.1, -0.05) is 29.3 Å². The lowest BCUT2D eigenvalue weighted by Gasteiger charge is -2.14. The van der Waals surface area contributed by atoms with Gasteiger partial charge in [0.25, 0.3) is 0 Å². The zero-order valence-corrected chi connectivity index (χ0v) is 13.2. The summed E-state index contributed by atoms with van der Waals surface area (Å²) in [5.41, 5.74) is 2.04. The maximum absolute atomic E-state index is 6.29. The molecule has 0 saturated carbocycles. The molecule has 0 spiro atoms. The van der Waals surface area contributed by atoms with Crippen molar-refractivity contribution in [2.45, 2.75) is 19.9 Å². The van der Waals surface area contributed by atoms with Gasteiger partial charge in [-0.05, 0) is 62.4 Å². The molecule has 106 valence electrons. The van der Waals surface area contributed by atoms with E-state index in [1.165, 1.54) is 0 Å². The molecule has 0 aliphatic heterocycles. The summed E-state index contributed by atoms with van der Waals surface area (Å²) in [5.74, 6) is 1.49. The number of hydrogen-bond acceptors (Lipinski definition) is 2. The molecule has 1 unspecified atom stereocenters. The van der Waals surface area contributed by atoms with Crippen LogP contribution in [0.25, 0.3) is 0 Å². The molecule has 2 aromatic carbocycles. The average molecular weight is 310 g/mol. The molecule has 0 aromatic heterocycles. The maximum Gasteiger partial charge on any atom is 0.130 e. The van der Waals surface area contributed by atoms with Crippen molar-refractivity contribution in [2.75, 3.05) is 7.05 Å². The number of nitrogens with one attached hydrogen (secondary N) is 1. The lowest BCUT2D eigenvalue weighted by Crippen LogP contribution is -2.12. The SMILES string of the molecule is CNC(C)c1ccc(Oc2ccc(Cl)cc2C)cc1Cl. The minimum atomic E-state index is 0.203. The van der Waals surface area contributed by atoms with Crippen LogP contribution >= 0.6 is 23.2 Å². The normalized spacial score (nSPS) is 12.2. The summed E-state index contributed by atoms with van der Waals surface area (Å²) in [5, 5.41) is 4.56. The highest BCUT2D eigenvalue weighted by atomic mass is 35.5. The highest BCUT2D eigenvalue weighted by molar-refractivity contribution is 6.31. The predicted octanol–water partition coefficient (Wildman–Crippen LogP) is 5.37. The molecule has 0 fully saturated rings. The van der Waals surface area contributed by atoms with Crippen LogP contribution in [-0.2, 0) is 0 Å². The van der Waals surface area contributed by atoms with E-state index in [1.807, 2.05) is 50.4 Å². The van der Waals surface area contributed by atoms with Gasteiger partial charge in [0, 0.05) is 16.1 Å². The summed E-state index contributed by atoms with van der Waals surface area (Å²) in [7, 11) is 1.91. The molecular weight excluding hydrogens is 293 g/mol. The first-order chi connectivity index (χ1) is 9.51. The molecule has 20 heavy (non-hydrogen) atoms. The number of ether oxygens (including phenoxy) is 1. The summed E-state index contributed by atoms with van der Waals surface area (Å²) in [6.07, 6.45) is 0. The Bertz CT molecular complexity index is 613. The van der Waals surface area contributed by atoms with Gasteiger partial charge in [0.2, 0.25) is 0 Å². The zero-order valence-electron chi connectivity index (χ0n) is 11.7. The van der Waals surface area contributed by atoms with E-state index < -0.39 is 0 Å². The quantitative estimate of drug-likeness (QED) is 0.819. The van der Waals surface area contributed by atoms with Crippen LogP contribution in [0, 0.1) is 6.92 Å². The minimum absolute atomic E-state index is 0.203. The predicted molar refractivity (Wildman–Crippen MR) is 85.2 cm³/mol. The van der Waals surface area contributed by atoms with Gasteiger partial charge in [0.1, 0.15) is 11.5 Å². The maximum atomic E-state index is 6.29. The highest BCUT2D eigenvalue weighted by Crippen LogP contribution is 2.31. The smallest absolute Gasteiger partial charge is 0.130 e. The summed E-state index contributed by atoms with van der Waals surface area (Å²) in [4.78, 5) is 0. The van der Waals surface area contributed by atoms with Crippen LogP contribution < -0.4 is 10.1 Å². The molecule has 0 aliphatic rings. The van der Waals surface area contributed by atoms with Crippen molar-refractivity contribution >= 4 is 23.2 Å². The van der Waals surface area contributed by atoms with E-state index in [0.29, 0.717) is 15.8 Å². The lowest BCUT2D eigenvalue weighted by atomic mass is 10.1. The van der Waals surface area contributed by atoms with Crippen molar-refractivity contribution in [1.82, 2.24) is 5.32 Å². The van der Waals surface area contributed by atoms with Gasteiger partial charge >= 0.3 is 0 Å². The summed E-state index contributed by atoms with van der Waals surface area (Å²) in [6.45, 7) is 4.02. The van der Waals surface area contributed by atoms with Crippen molar-refractivity contribution in [3.63, 3.8) is 0 Å². The first-order valence-corrected chi connectivity index (χ1v) is 7.17. The van der Waals surface area contributed by atoms with Crippen LogP contribution in [0.5, 0.6) is 11.5 Å². The van der Waals surface area contributed by atoms with Crippen LogP contribution in [-0.4, -0.2) is 7.05 Å². The van der Waals surface area contributed by atoms with Crippen molar-refractivity contribution < 1.29 is 4.74 Å². The first-order valence-electron chi connectivity index (χ1n) is 6.42. The van der Waals surface area contributed by atoms with Gasteiger partial charge < -0.3 is 10.1 Å². The largest absolute Gasteiger partial charge is 0.457 e. The van der Waals surface area contributed by atoms with E-state index in [9.17, 15) is 0 Å². The molecule has 2 aromatic rings. The minimum Gasteiger partial charge on any atom is -0.457 e. The number of rotatable bonds is 4. The molecule has 0 bridgehead atoms. The number of aryl methyl sites for hydroxylation is 1. The third kappa shape index (κ3) is 3.45. The van der Waals surface area contributed by atoms with Crippen LogP contribution in [0.4, 0.5) is 0 Å². The van der Waals surface area contributed by atoms with Crippen LogP contribution in [0.15, 0.2) is 36.4 Å². The molecule has 0 saturated heterocycles. The highest BCUT2D eigenvalue weighted by Gasteiger charge is 2.09. The number of hydrogen-bond donors (Lipinski definition) is 1. The third-order valence-electron chi connectivity index (χ3n) is 3.24. The van der Waals surface area contributed by atoms with Crippen molar-refractivity contribution in [1.29, 1.82) is 0 Å². The van der Waals surface area contributed by atoms with Gasteiger partial charge in [-0.25, -0.2) is 0 Å². The van der Waals surface area contributed by atoms with Gasteiger partial charge in [-0.15, -0.1) is 0 Å². The topological polar surface area (TPSA) is 21.3 Å². The van der Waals surface area contributed by atoms with Crippen LogP contribution in [0.2, 0.25) is 10.0 Å². The molecule has 2 nitrogen and oxygen atoms in total. The van der Waals surface area contributed by atoms with E-state index in [-0.39, 0.29) is 6.04 Å². The van der Waals surface area contributed by atoms with E-state index in [2.05, 4.69) is 12.2 Å². The Morgan fingerprint density at radius 2 is 1.85 bits per heavy atom. The lowest BCUT2D eigenvalue weighted by molar-refractivity contribution is 0.478. The van der Waals surface area contributed by atoms with Crippen LogP contribution in [0.3, 0.4) is 0 Å². The zero-order chi connectivity index (χ0) is 14.7. The Morgan fingerprint density at radius 3 is 2.45 bits per heavy atom. The number of halogens is 2. The molecular formula is C16H17Cl2NO. The van der Waals surface area contributed by atoms with Gasteiger partial charge in [-0.2, -0.15) is 0 Å². The number of benzene rings is 2. The molecule has 1 N–H and O–H groups in total. The Hall–Kier alpha value is -1.22. The van der Waals surface area contributed by atoms with E-state index >= 15 is 0 Å². The first kappa shape index (κ1) is 15.2. The molecule has 0 amide bonds. The van der Waals surface area contributed by atoms with Gasteiger partial charge in [0.15, 0.2) is 0 Å². The molecule has 1 atom stereocenters.